The number of nitrogens with zero attached hydrogens (tertiary/aromatic N) is 2. The quantitative estimate of drug-likeness (QED) is 0.753. The molecule has 0 saturated heterocycles. The minimum atomic E-state index is -0.193. The molecule has 5 heteroatoms. The first-order chi connectivity index (χ1) is 10.1. The highest BCUT2D eigenvalue weighted by Gasteiger charge is 2.25. The molecule has 0 aromatic carbocycles. The SMILES string of the molecule is COC(=O)CN(Cc1cc(OC)cc(C)n1)C1CCCC1. The Morgan fingerprint density at radius 2 is 2.05 bits per heavy atom. The Labute approximate surface area is 126 Å². The Morgan fingerprint density at radius 1 is 1.33 bits per heavy atom. The molecule has 2 rings (SSSR count). The molecule has 1 fully saturated rings. The third kappa shape index (κ3) is 4.43. The lowest BCUT2D eigenvalue weighted by Crippen LogP contribution is -2.37. The van der Waals surface area contributed by atoms with E-state index in [1.165, 1.54) is 20.0 Å². The minimum absolute atomic E-state index is 0.193. The summed E-state index contributed by atoms with van der Waals surface area (Å²) in [5, 5.41) is 0. The van der Waals surface area contributed by atoms with Gasteiger partial charge in [-0.15, -0.1) is 0 Å². The number of hydrogen-bond donors (Lipinski definition) is 0. The van der Waals surface area contributed by atoms with Crippen LogP contribution in [-0.2, 0) is 16.1 Å². The second-order valence-corrected chi connectivity index (χ2v) is 5.56. The summed E-state index contributed by atoms with van der Waals surface area (Å²) >= 11 is 0. The van der Waals surface area contributed by atoms with Crippen LogP contribution < -0.4 is 4.74 Å². The van der Waals surface area contributed by atoms with Crippen molar-refractivity contribution < 1.29 is 14.3 Å². The number of carbonyl (C=O) groups excluding carboxylic acids is 1. The zero-order chi connectivity index (χ0) is 15.2. The fourth-order valence-corrected chi connectivity index (χ4v) is 2.92. The van der Waals surface area contributed by atoms with Crippen LogP contribution in [0.25, 0.3) is 0 Å². The molecule has 0 aliphatic heterocycles. The molecule has 1 saturated carbocycles. The van der Waals surface area contributed by atoms with Crippen molar-refractivity contribution >= 4 is 5.97 Å². The van der Waals surface area contributed by atoms with Gasteiger partial charge in [0, 0.05) is 30.4 Å². The fraction of sp³-hybridized carbons (Fsp3) is 0.625. The lowest BCUT2D eigenvalue weighted by Gasteiger charge is -2.27. The number of carbonyl (C=O) groups is 1. The highest BCUT2D eigenvalue weighted by atomic mass is 16.5. The number of aromatic nitrogens is 1. The molecule has 0 atom stereocenters. The molecule has 1 aromatic heterocycles. The molecule has 0 spiro atoms. The van der Waals surface area contributed by atoms with E-state index >= 15 is 0 Å². The number of rotatable bonds is 6. The van der Waals surface area contributed by atoms with E-state index in [0.717, 1.165) is 30.0 Å². The highest BCUT2D eigenvalue weighted by molar-refractivity contribution is 5.71. The van der Waals surface area contributed by atoms with Gasteiger partial charge >= 0.3 is 5.97 Å². The average Bonchev–Trinajstić information content (AvgIpc) is 2.99. The van der Waals surface area contributed by atoms with Crippen LogP contribution in [0, 0.1) is 6.92 Å². The van der Waals surface area contributed by atoms with E-state index in [4.69, 9.17) is 9.47 Å². The predicted octanol–water partition coefficient (Wildman–Crippen LogP) is 2.32. The van der Waals surface area contributed by atoms with E-state index in [-0.39, 0.29) is 5.97 Å². The zero-order valence-electron chi connectivity index (χ0n) is 13.1. The van der Waals surface area contributed by atoms with E-state index in [0.29, 0.717) is 19.1 Å². The molecule has 0 bridgehead atoms. The van der Waals surface area contributed by atoms with Gasteiger partial charge in [-0.1, -0.05) is 12.8 Å². The van der Waals surface area contributed by atoms with E-state index in [2.05, 4.69) is 9.88 Å². The first-order valence-electron chi connectivity index (χ1n) is 7.45. The summed E-state index contributed by atoms with van der Waals surface area (Å²) in [7, 11) is 3.09. The van der Waals surface area contributed by atoms with Crippen LogP contribution >= 0.6 is 0 Å². The topological polar surface area (TPSA) is 51.7 Å². The van der Waals surface area contributed by atoms with Crippen molar-refractivity contribution in [2.45, 2.75) is 45.2 Å². The Kier molecular flexibility index (Phi) is 5.56. The molecule has 0 N–H and O–H groups in total. The van der Waals surface area contributed by atoms with Gasteiger partial charge in [0.05, 0.1) is 26.5 Å². The summed E-state index contributed by atoms with van der Waals surface area (Å²) < 4.78 is 10.1. The van der Waals surface area contributed by atoms with Crippen molar-refractivity contribution in [3.05, 3.63) is 23.5 Å². The van der Waals surface area contributed by atoms with Crippen LogP contribution in [0.1, 0.15) is 37.1 Å². The van der Waals surface area contributed by atoms with Gasteiger partial charge < -0.3 is 9.47 Å². The molecule has 1 aromatic rings. The Bertz CT molecular complexity index is 484. The summed E-state index contributed by atoms with van der Waals surface area (Å²) in [4.78, 5) is 18.4. The normalized spacial score (nSPS) is 15.4. The second-order valence-electron chi connectivity index (χ2n) is 5.56. The Balaban J connectivity index is 2.13. The number of hydrogen-bond acceptors (Lipinski definition) is 5. The number of methoxy groups -OCH3 is 2. The van der Waals surface area contributed by atoms with Gasteiger partial charge in [-0.05, 0) is 19.8 Å². The van der Waals surface area contributed by atoms with Gasteiger partial charge in [0.15, 0.2) is 0 Å². The van der Waals surface area contributed by atoms with Gasteiger partial charge in [0.25, 0.3) is 0 Å². The van der Waals surface area contributed by atoms with E-state index in [1.54, 1.807) is 7.11 Å². The molecular formula is C16H24N2O3. The average molecular weight is 292 g/mol. The fourth-order valence-electron chi connectivity index (χ4n) is 2.92. The lowest BCUT2D eigenvalue weighted by atomic mass is 10.2. The maximum atomic E-state index is 11.7. The van der Waals surface area contributed by atoms with Crippen molar-refractivity contribution in [1.29, 1.82) is 0 Å². The van der Waals surface area contributed by atoms with Gasteiger partial charge in [-0.2, -0.15) is 0 Å². The largest absolute Gasteiger partial charge is 0.497 e. The first kappa shape index (κ1) is 15.8. The van der Waals surface area contributed by atoms with Crippen LogP contribution in [0.5, 0.6) is 5.75 Å². The second kappa shape index (κ2) is 7.41. The Hall–Kier alpha value is -1.62. The van der Waals surface area contributed by atoms with Crippen LogP contribution in [-0.4, -0.2) is 42.7 Å². The van der Waals surface area contributed by atoms with E-state index in [1.807, 2.05) is 19.1 Å². The van der Waals surface area contributed by atoms with Crippen LogP contribution in [0.4, 0.5) is 0 Å². The van der Waals surface area contributed by atoms with E-state index in [9.17, 15) is 4.79 Å². The monoisotopic (exact) mass is 292 g/mol. The third-order valence-electron chi connectivity index (χ3n) is 3.98. The number of aryl methyl sites for hydroxylation is 1. The molecule has 0 radical (unpaired) electrons. The maximum absolute atomic E-state index is 11.7. The summed E-state index contributed by atoms with van der Waals surface area (Å²) in [6, 6.07) is 4.29. The van der Waals surface area contributed by atoms with Crippen molar-refractivity contribution in [3.63, 3.8) is 0 Å². The molecule has 1 heterocycles. The van der Waals surface area contributed by atoms with Crippen molar-refractivity contribution in [2.24, 2.45) is 0 Å². The molecule has 21 heavy (non-hydrogen) atoms. The van der Waals surface area contributed by atoms with Crippen molar-refractivity contribution in [2.75, 3.05) is 20.8 Å². The third-order valence-corrected chi connectivity index (χ3v) is 3.98. The van der Waals surface area contributed by atoms with Crippen LogP contribution in [0.2, 0.25) is 0 Å². The van der Waals surface area contributed by atoms with Gasteiger partial charge in [0.1, 0.15) is 5.75 Å². The smallest absolute Gasteiger partial charge is 0.319 e. The molecule has 0 unspecified atom stereocenters. The molecule has 1 aliphatic carbocycles. The molecule has 0 amide bonds. The molecule has 116 valence electrons. The number of pyridine rings is 1. The molecule has 5 nitrogen and oxygen atoms in total. The minimum Gasteiger partial charge on any atom is -0.497 e. The standard InChI is InChI=1S/C16H24N2O3/c1-12-8-15(20-2)9-13(17-12)10-18(11-16(19)21-3)14-6-4-5-7-14/h8-9,14H,4-7,10-11H2,1-3H3. The van der Waals surface area contributed by atoms with Crippen LogP contribution in [0.15, 0.2) is 12.1 Å². The number of esters is 1. The highest BCUT2D eigenvalue weighted by Crippen LogP contribution is 2.25. The van der Waals surface area contributed by atoms with Gasteiger partial charge in [0.2, 0.25) is 0 Å². The Morgan fingerprint density at radius 3 is 2.67 bits per heavy atom. The predicted molar refractivity (Wildman–Crippen MR) is 80.2 cm³/mol. The van der Waals surface area contributed by atoms with Crippen LogP contribution in [0.3, 0.4) is 0 Å². The van der Waals surface area contributed by atoms with Crippen molar-refractivity contribution in [3.8, 4) is 5.75 Å². The van der Waals surface area contributed by atoms with Gasteiger partial charge in [-0.25, -0.2) is 0 Å². The lowest BCUT2D eigenvalue weighted by molar-refractivity contribution is -0.142. The van der Waals surface area contributed by atoms with Gasteiger partial charge in [-0.3, -0.25) is 14.7 Å². The first-order valence-corrected chi connectivity index (χ1v) is 7.45. The summed E-state index contributed by atoms with van der Waals surface area (Å²) in [6.45, 7) is 2.92. The molecular weight excluding hydrogens is 268 g/mol. The van der Waals surface area contributed by atoms with Crippen molar-refractivity contribution in [1.82, 2.24) is 9.88 Å². The maximum Gasteiger partial charge on any atom is 0.319 e. The summed E-state index contributed by atoms with van der Waals surface area (Å²) in [5.74, 6) is 0.614. The van der Waals surface area contributed by atoms with E-state index < -0.39 is 0 Å². The summed E-state index contributed by atoms with van der Waals surface area (Å²) in [5.41, 5.74) is 1.86. The summed E-state index contributed by atoms with van der Waals surface area (Å²) in [6.07, 6.45) is 4.74. The zero-order valence-corrected chi connectivity index (χ0v) is 13.1. The molecule has 1 aliphatic rings. The number of ether oxygens (including phenoxy) is 2.